The van der Waals surface area contributed by atoms with Crippen LogP contribution in [0, 0.1) is 0 Å². The fourth-order valence-electron chi connectivity index (χ4n) is 3.43. The molecular formula is C21H23N3O2. The van der Waals surface area contributed by atoms with Crippen molar-refractivity contribution in [2.45, 2.75) is 32.0 Å². The third-order valence-corrected chi connectivity index (χ3v) is 5.05. The van der Waals surface area contributed by atoms with E-state index in [4.69, 9.17) is 4.74 Å². The zero-order chi connectivity index (χ0) is 18.1. The van der Waals surface area contributed by atoms with Crippen LogP contribution in [0.15, 0.2) is 59.4 Å². The van der Waals surface area contributed by atoms with Crippen molar-refractivity contribution in [3.63, 3.8) is 0 Å². The van der Waals surface area contributed by atoms with Gasteiger partial charge in [0.15, 0.2) is 0 Å². The zero-order valence-corrected chi connectivity index (χ0v) is 15.1. The second-order valence-corrected chi connectivity index (χ2v) is 7.43. The van der Waals surface area contributed by atoms with Crippen LogP contribution in [0.4, 0.5) is 0 Å². The van der Waals surface area contributed by atoms with E-state index in [0.29, 0.717) is 24.4 Å². The second-order valence-electron chi connectivity index (χ2n) is 7.43. The number of hydrogen-bond acceptors (Lipinski definition) is 4. The van der Waals surface area contributed by atoms with Crippen LogP contribution in [0.3, 0.4) is 0 Å². The predicted octanol–water partition coefficient (Wildman–Crippen LogP) is 3.28. The third kappa shape index (κ3) is 3.28. The van der Waals surface area contributed by atoms with Crippen molar-refractivity contribution >= 4 is 10.9 Å². The summed E-state index contributed by atoms with van der Waals surface area (Å²) in [5.41, 5.74) is 1.69. The van der Waals surface area contributed by atoms with E-state index < -0.39 is 0 Å². The van der Waals surface area contributed by atoms with Gasteiger partial charge in [-0.1, -0.05) is 42.5 Å². The molecule has 5 nitrogen and oxygen atoms in total. The van der Waals surface area contributed by atoms with Gasteiger partial charge < -0.3 is 9.72 Å². The lowest BCUT2D eigenvalue weighted by Gasteiger charge is -2.45. The van der Waals surface area contributed by atoms with Crippen LogP contribution in [-0.4, -0.2) is 33.6 Å². The van der Waals surface area contributed by atoms with Gasteiger partial charge in [0.2, 0.25) is 0 Å². The van der Waals surface area contributed by atoms with Crippen LogP contribution in [0.1, 0.15) is 31.3 Å². The highest BCUT2D eigenvalue weighted by Crippen LogP contribution is 2.31. The highest BCUT2D eigenvalue weighted by atomic mass is 16.5. The van der Waals surface area contributed by atoms with Crippen molar-refractivity contribution in [2.75, 3.05) is 13.2 Å². The predicted molar refractivity (Wildman–Crippen MR) is 102 cm³/mol. The topological polar surface area (TPSA) is 58.2 Å². The first-order chi connectivity index (χ1) is 12.5. The molecule has 3 aromatic rings. The molecular weight excluding hydrogens is 326 g/mol. The van der Waals surface area contributed by atoms with Gasteiger partial charge in [-0.25, -0.2) is 4.98 Å². The molecule has 1 aliphatic heterocycles. The Bertz CT molecular complexity index is 966. The number of rotatable bonds is 3. The molecule has 1 atom stereocenters. The molecule has 1 aliphatic rings. The number of nitrogens with one attached hydrogen (secondary N) is 1. The van der Waals surface area contributed by atoms with E-state index in [1.807, 2.05) is 36.4 Å². The molecule has 0 saturated carbocycles. The first kappa shape index (κ1) is 16.9. The Morgan fingerprint density at radius 2 is 1.88 bits per heavy atom. The maximum Gasteiger partial charge on any atom is 0.258 e. The molecule has 0 spiro atoms. The molecule has 0 amide bonds. The molecule has 5 heteroatoms. The van der Waals surface area contributed by atoms with Crippen molar-refractivity contribution < 1.29 is 4.74 Å². The summed E-state index contributed by atoms with van der Waals surface area (Å²) in [6, 6.07) is 17.7. The monoisotopic (exact) mass is 349 g/mol. The molecule has 1 saturated heterocycles. The van der Waals surface area contributed by atoms with E-state index in [1.165, 1.54) is 5.56 Å². The van der Waals surface area contributed by atoms with Crippen LogP contribution < -0.4 is 5.56 Å². The maximum atomic E-state index is 12.3. The lowest BCUT2D eigenvalue weighted by Crippen LogP contribution is -2.53. The van der Waals surface area contributed by atoms with Gasteiger partial charge in [-0.3, -0.25) is 9.69 Å². The Labute approximate surface area is 152 Å². The van der Waals surface area contributed by atoms with Gasteiger partial charge in [-0.05, 0) is 31.5 Å². The van der Waals surface area contributed by atoms with E-state index in [-0.39, 0.29) is 17.2 Å². The molecule has 0 radical (unpaired) electrons. The first-order valence-corrected chi connectivity index (χ1v) is 8.92. The summed E-state index contributed by atoms with van der Waals surface area (Å²) in [6.07, 6.45) is 0.0244. The second kappa shape index (κ2) is 6.67. The van der Waals surface area contributed by atoms with Crippen molar-refractivity contribution in [2.24, 2.45) is 0 Å². The number of aromatic nitrogens is 2. The summed E-state index contributed by atoms with van der Waals surface area (Å²) in [4.78, 5) is 22.3. The van der Waals surface area contributed by atoms with Crippen molar-refractivity contribution in [3.8, 4) is 0 Å². The van der Waals surface area contributed by atoms with Gasteiger partial charge in [0, 0.05) is 12.1 Å². The van der Waals surface area contributed by atoms with E-state index in [2.05, 4.69) is 40.8 Å². The maximum absolute atomic E-state index is 12.3. The number of benzene rings is 2. The average Bonchev–Trinajstić information content (AvgIpc) is 2.64. The Kier molecular flexibility index (Phi) is 4.34. The SMILES string of the molecule is CC1(C)CO[C@@H](c2ccccc2)CN1Cc1nc2ccccc2c(=O)[nH]1. The first-order valence-electron chi connectivity index (χ1n) is 8.92. The molecule has 1 N–H and O–H groups in total. The number of H-pyrrole nitrogens is 1. The smallest absolute Gasteiger partial charge is 0.258 e. The normalized spacial score (nSPS) is 20.3. The number of ether oxygens (including phenoxy) is 1. The molecule has 0 unspecified atom stereocenters. The third-order valence-electron chi connectivity index (χ3n) is 5.05. The molecule has 1 aromatic heterocycles. The van der Waals surface area contributed by atoms with Crippen LogP contribution in [0.2, 0.25) is 0 Å². The van der Waals surface area contributed by atoms with Gasteiger partial charge in [0.05, 0.1) is 30.2 Å². The van der Waals surface area contributed by atoms with E-state index in [9.17, 15) is 4.79 Å². The molecule has 26 heavy (non-hydrogen) atoms. The Hall–Kier alpha value is -2.50. The number of morpholine rings is 1. The molecule has 4 rings (SSSR count). The molecule has 2 aromatic carbocycles. The number of fused-ring (bicyclic) bond motifs is 1. The molecule has 1 fully saturated rings. The van der Waals surface area contributed by atoms with Gasteiger partial charge in [-0.15, -0.1) is 0 Å². The quantitative estimate of drug-likeness (QED) is 0.788. The van der Waals surface area contributed by atoms with Crippen LogP contribution >= 0.6 is 0 Å². The average molecular weight is 349 g/mol. The summed E-state index contributed by atoms with van der Waals surface area (Å²) in [5, 5.41) is 0.625. The van der Waals surface area contributed by atoms with Gasteiger partial charge in [0.1, 0.15) is 5.82 Å². The van der Waals surface area contributed by atoms with Gasteiger partial charge in [0.25, 0.3) is 5.56 Å². The zero-order valence-electron chi connectivity index (χ0n) is 15.1. The highest BCUT2D eigenvalue weighted by molar-refractivity contribution is 5.77. The van der Waals surface area contributed by atoms with Crippen molar-refractivity contribution in [3.05, 3.63) is 76.3 Å². The van der Waals surface area contributed by atoms with Gasteiger partial charge >= 0.3 is 0 Å². The fourth-order valence-corrected chi connectivity index (χ4v) is 3.43. The number of nitrogens with zero attached hydrogens (tertiary/aromatic N) is 2. The Morgan fingerprint density at radius 1 is 1.15 bits per heavy atom. The highest BCUT2D eigenvalue weighted by Gasteiger charge is 2.35. The summed E-state index contributed by atoms with van der Waals surface area (Å²) in [7, 11) is 0. The summed E-state index contributed by atoms with van der Waals surface area (Å²) in [5.74, 6) is 0.690. The minimum Gasteiger partial charge on any atom is -0.370 e. The minimum absolute atomic E-state index is 0.0244. The molecule has 134 valence electrons. The lowest BCUT2D eigenvalue weighted by atomic mass is 9.98. The number of para-hydroxylation sites is 1. The summed E-state index contributed by atoms with van der Waals surface area (Å²) in [6.45, 7) is 6.29. The molecule has 2 heterocycles. The van der Waals surface area contributed by atoms with Crippen molar-refractivity contribution in [1.29, 1.82) is 0 Å². The number of hydrogen-bond donors (Lipinski definition) is 1. The van der Waals surface area contributed by atoms with Gasteiger partial charge in [-0.2, -0.15) is 0 Å². The van der Waals surface area contributed by atoms with E-state index in [0.717, 1.165) is 12.1 Å². The minimum atomic E-state index is -0.129. The van der Waals surface area contributed by atoms with Crippen LogP contribution in [0.25, 0.3) is 10.9 Å². The molecule has 0 aliphatic carbocycles. The molecule has 0 bridgehead atoms. The summed E-state index contributed by atoms with van der Waals surface area (Å²) >= 11 is 0. The summed E-state index contributed by atoms with van der Waals surface area (Å²) < 4.78 is 6.11. The van der Waals surface area contributed by atoms with Crippen LogP contribution in [-0.2, 0) is 11.3 Å². The van der Waals surface area contributed by atoms with Crippen LogP contribution in [0.5, 0.6) is 0 Å². The Balaban J connectivity index is 1.62. The largest absolute Gasteiger partial charge is 0.370 e. The fraction of sp³-hybridized carbons (Fsp3) is 0.333. The standard InChI is InChI=1S/C21H23N3O2/c1-21(2)14-26-18(15-8-4-3-5-9-15)12-24(21)13-19-22-17-11-7-6-10-16(17)20(25)23-19/h3-11,18H,12-14H2,1-2H3,(H,22,23,25)/t18-/m1/s1. The van der Waals surface area contributed by atoms with E-state index >= 15 is 0 Å². The van der Waals surface area contributed by atoms with E-state index in [1.54, 1.807) is 6.07 Å². The lowest BCUT2D eigenvalue weighted by molar-refractivity contribution is -0.105. The Morgan fingerprint density at radius 3 is 2.69 bits per heavy atom. The van der Waals surface area contributed by atoms with Crippen molar-refractivity contribution in [1.82, 2.24) is 14.9 Å². The number of aromatic amines is 1.